The van der Waals surface area contributed by atoms with Gasteiger partial charge in [-0.2, -0.15) is 5.26 Å². The summed E-state index contributed by atoms with van der Waals surface area (Å²) in [5, 5.41) is 8.94. The van der Waals surface area contributed by atoms with Crippen molar-refractivity contribution in [3.05, 3.63) is 89.7 Å². The van der Waals surface area contributed by atoms with Gasteiger partial charge in [-0.15, -0.1) is 0 Å². The van der Waals surface area contributed by atoms with Gasteiger partial charge in [-0.05, 0) is 54.1 Å². The van der Waals surface area contributed by atoms with Gasteiger partial charge in [-0.25, -0.2) is 12.8 Å². The van der Waals surface area contributed by atoms with Crippen LogP contribution in [0.1, 0.15) is 11.1 Å². The van der Waals surface area contributed by atoms with Crippen molar-refractivity contribution in [2.24, 2.45) is 0 Å². The molecular formula is C21H17FN2O3S. The molecule has 0 atom stereocenters. The first-order chi connectivity index (χ1) is 13.5. The van der Waals surface area contributed by atoms with Gasteiger partial charge in [0.25, 0.3) is 10.0 Å². The van der Waals surface area contributed by atoms with E-state index >= 15 is 0 Å². The van der Waals surface area contributed by atoms with E-state index in [4.69, 9.17) is 10.00 Å². The Morgan fingerprint density at radius 3 is 2.21 bits per heavy atom. The Kier molecular flexibility index (Phi) is 5.62. The first-order valence-electron chi connectivity index (χ1n) is 8.36. The summed E-state index contributed by atoms with van der Waals surface area (Å²) < 4.78 is 47.0. The molecule has 5 nitrogen and oxygen atoms in total. The zero-order valence-electron chi connectivity index (χ0n) is 15.0. The van der Waals surface area contributed by atoms with Crippen molar-refractivity contribution in [2.45, 2.75) is 11.4 Å². The highest BCUT2D eigenvalue weighted by molar-refractivity contribution is 7.92. The summed E-state index contributed by atoms with van der Waals surface area (Å²) in [6.07, 6.45) is 0. The molecular weight excluding hydrogens is 379 g/mol. The minimum absolute atomic E-state index is 0.0191. The third-order valence-corrected chi connectivity index (χ3v) is 5.98. The lowest BCUT2D eigenvalue weighted by molar-refractivity contribution is 0.415. The van der Waals surface area contributed by atoms with E-state index in [9.17, 15) is 12.8 Å². The fraction of sp³-hybridized carbons (Fsp3) is 0.0952. The Morgan fingerprint density at radius 2 is 1.64 bits per heavy atom. The van der Waals surface area contributed by atoms with Crippen LogP contribution in [0.3, 0.4) is 0 Å². The molecule has 0 N–H and O–H groups in total. The van der Waals surface area contributed by atoms with Gasteiger partial charge in [0.05, 0.1) is 31.0 Å². The van der Waals surface area contributed by atoms with Crippen molar-refractivity contribution in [3.8, 4) is 11.8 Å². The van der Waals surface area contributed by atoms with E-state index in [1.807, 2.05) is 6.07 Å². The summed E-state index contributed by atoms with van der Waals surface area (Å²) in [6.45, 7) is -0.0191. The molecule has 0 radical (unpaired) electrons. The summed E-state index contributed by atoms with van der Waals surface area (Å²) >= 11 is 0. The monoisotopic (exact) mass is 396 g/mol. The van der Waals surface area contributed by atoms with Crippen LogP contribution in [0.5, 0.6) is 5.75 Å². The van der Waals surface area contributed by atoms with Gasteiger partial charge < -0.3 is 4.74 Å². The highest BCUT2D eigenvalue weighted by Gasteiger charge is 2.28. The SMILES string of the molecule is COc1ccc(N(Cc2ccc(C#N)cc2)S(=O)(=O)c2ccccc2F)cc1. The zero-order valence-corrected chi connectivity index (χ0v) is 15.9. The van der Waals surface area contributed by atoms with Crippen LogP contribution < -0.4 is 9.04 Å². The van der Waals surface area contributed by atoms with E-state index in [0.29, 0.717) is 22.6 Å². The van der Waals surface area contributed by atoms with Crippen LogP contribution in [0.25, 0.3) is 0 Å². The molecule has 0 spiro atoms. The summed E-state index contributed by atoms with van der Waals surface area (Å²) in [4.78, 5) is -0.403. The van der Waals surface area contributed by atoms with Crippen LogP contribution >= 0.6 is 0 Å². The standard InChI is InChI=1S/C21H17FN2O3S/c1-27-19-12-10-18(11-13-19)24(15-17-8-6-16(14-23)7-9-17)28(25,26)21-5-3-2-4-20(21)22/h2-13H,15H2,1H3. The average molecular weight is 396 g/mol. The number of anilines is 1. The van der Waals surface area contributed by atoms with Crippen LogP contribution in [0, 0.1) is 17.1 Å². The summed E-state index contributed by atoms with van der Waals surface area (Å²) in [6, 6.07) is 20.3. The Labute approximate surface area is 163 Å². The van der Waals surface area contributed by atoms with Gasteiger partial charge in [0, 0.05) is 0 Å². The number of nitrogens with zero attached hydrogens (tertiary/aromatic N) is 2. The van der Waals surface area contributed by atoms with Gasteiger partial charge in [0.2, 0.25) is 0 Å². The Balaban J connectivity index is 2.07. The topological polar surface area (TPSA) is 70.4 Å². The number of nitriles is 1. The molecule has 0 saturated carbocycles. The van der Waals surface area contributed by atoms with Crippen molar-refractivity contribution in [1.82, 2.24) is 0 Å². The lowest BCUT2D eigenvalue weighted by Gasteiger charge is -2.25. The van der Waals surface area contributed by atoms with E-state index in [1.165, 1.54) is 25.3 Å². The maximum atomic E-state index is 14.3. The highest BCUT2D eigenvalue weighted by Crippen LogP contribution is 2.29. The maximum absolute atomic E-state index is 14.3. The molecule has 28 heavy (non-hydrogen) atoms. The smallest absolute Gasteiger partial charge is 0.267 e. The molecule has 0 saturated heterocycles. The maximum Gasteiger partial charge on any atom is 0.267 e. The molecule has 0 amide bonds. The zero-order chi connectivity index (χ0) is 20.1. The number of hydrogen-bond acceptors (Lipinski definition) is 4. The quantitative estimate of drug-likeness (QED) is 0.629. The molecule has 0 aliphatic carbocycles. The predicted octanol–water partition coefficient (Wildman–Crippen LogP) is 4.10. The van der Waals surface area contributed by atoms with E-state index in [-0.39, 0.29) is 6.54 Å². The number of sulfonamides is 1. The molecule has 3 aromatic rings. The van der Waals surface area contributed by atoms with Crippen LogP contribution in [0.15, 0.2) is 77.7 Å². The Bertz CT molecular complexity index is 1110. The van der Waals surface area contributed by atoms with Crippen molar-refractivity contribution in [2.75, 3.05) is 11.4 Å². The molecule has 0 fully saturated rings. The van der Waals surface area contributed by atoms with Gasteiger partial charge in [-0.3, -0.25) is 4.31 Å². The van der Waals surface area contributed by atoms with Crippen LogP contribution in [0.2, 0.25) is 0 Å². The molecule has 0 aliphatic heterocycles. The highest BCUT2D eigenvalue weighted by atomic mass is 32.2. The molecule has 0 unspecified atom stereocenters. The predicted molar refractivity (Wildman–Crippen MR) is 104 cm³/mol. The molecule has 0 aromatic heterocycles. The normalized spacial score (nSPS) is 10.9. The Hall–Kier alpha value is -3.37. The lowest BCUT2D eigenvalue weighted by Crippen LogP contribution is -2.31. The third-order valence-electron chi connectivity index (χ3n) is 4.17. The second-order valence-corrected chi connectivity index (χ2v) is 7.78. The average Bonchev–Trinajstić information content (AvgIpc) is 2.72. The molecule has 0 heterocycles. The number of benzene rings is 3. The van der Waals surface area contributed by atoms with Gasteiger partial charge in [-0.1, -0.05) is 24.3 Å². The number of hydrogen-bond donors (Lipinski definition) is 0. The summed E-state index contributed by atoms with van der Waals surface area (Å²) in [7, 11) is -2.65. The summed E-state index contributed by atoms with van der Waals surface area (Å²) in [5.74, 6) is -0.244. The minimum atomic E-state index is -4.17. The van der Waals surface area contributed by atoms with Crippen molar-refractivity contribution in [1.29, 1.82) is 5.26 Å². The van der Waals surface area contributed by atoms with E-state index < -0.39 is 20.7 Å². The van der Waals surface area contributed by atoms with Gasteiger partial charge in [0.15, 0.2) is 0 Å². The molecule has 0 aliphatic rings. The van der Waals surface area contributed by atoms with Crippen molar-refractivity contribution in [3.63, 3.8) is 0 Å². The fourth-order valence-electron chi connectivity index (χ4n) is 2.69. The van der Waals surface area contributed by atoms with Gasteiger partial charge in [0.1, 0.15) is 16.5 Å². The van der Waals surface area contributed by atoms with E-state index in [2.05, 4.69) is 0 Å². The second kappa shape index (κ2) is 8.11. The molecule has 0 bridgehead atoms. The number of methoxy groups -OCH3 is 1. The molecule has 3 rings (SSSR count). The second-order valence-electron chi connectivity index (χ2n) is 5.95. The molecule has 7 heteroatoms. The van der Waals surface area contributed by atoms with Crippen LogP contribution in [-0.4, -0.2) is 15.5 Å². The van der Waals surface area contributed by atoms with E-state index in [1.54, 1.807) is 48.5 Å². The summed E-state index contributed by atoms with van der Waals surface area (Å²) in [5.41, 5.74) is 1.50. The number of halogens is 1. The van der Waals surface area contributed by atoms with Gasteiger partial charge >= 0.3 is 0 Å². The molecule has 3 aromatic carbocycles. The lowest BCUT2D eigenvalue weighted by atomic mass is 10.1. The Morgan fingerprint density at radius 1 is 1.00 bits per heavy atom. The van der Waals surface area contributed by atoms with Crippen molar-refractivity contribution >= 4 is 15.7 Å². The first-order valence-corrected chi connectivity index (χ1v) is 9.80. The fourth-order valence-corrected chi connectivity index (χ4v) is 4.21. The first kappa shape index (κ1) is 19.4. The largest absolute Gasteiger partial charge is 0.497 e. The number of rotatable bonds is 6. The van der Waals surface area contributed by atoms with Crippen molar-refractivity contribution < 1.29 is 17.5 Å². The minimum Gasteiger partial charge on any atom is -0.497 e. The van der Waals surface area contributed by atoms with E-state index in [0.717, 1.165) is 10.4 Å². The van der Waals surface area contributed by atoms with Crippen LogP contribution in [-0.2, 0) is 16.6 Å². The molecule has 142 valence electrons. The van der Waals surface area contributed by atoms with Crippen LogP contribution in [0.4, 0.5) is 10.1 Å². The number of ether oxygens (including phenoxy) is 1. The third kappa shape index (κ3) is 3.97.